The SMILES string of the molecule is Cn1ccc(-c2noc([C@@H]3CC=CC[C@@H]3C(=O)O)n2)n1. The number of aryl methyl sites for hydroxylation is 1. The quantitative estimate of drug-likeness (QED) is 0.854. The number of allylic oxidation sites excluding steroid dienone is 2. The minimum Gasteiger partial charge on any atom is -0.481 e. The van der Waals surface area contributed by atoms with E-state index < -0.39 is 11.9 Å². The van der Waals surface area contributed by atoms with Gasteiger partial charge in [0.05, 0.1) is 11.8 Å². The summed E-state index contributed by atoms with van der Waals surface area (Å²) in [6, 6.07) is 1.78. The number of hydrogen-bond donors (Lipinski definition) is 1. The molecule has 0 spiro atoms. The lowest BCUT2D eigenvalue weighted by Crippen LogP contribution is -2.23. The fourth-order valence-corrected chi connectivity index (χ4v) is 2.38. The molecule has 3 rings (SSSR count). The average Bonchev–Trinajstić information content (AvgIpc) is 3.07. The molecule has 0 aliphatic heterocycles. The predicted molar refractivity (Wildman–Crippen MR) is 68.7 cm³/mol. The number of carboxylic acids is 1. The predicted octanol–water partition coefficient (Wildman–Crippen LogP) is 1.60. The number of hydrogen-bond acceptors (Lipinski definition) is 5. The molecule has 2 heterocycles. The third kappa shape index (κ3) is 2.22. The Kier molecular flexibility index (Phi) is 3.09. The van der Waals surface area contributed by atoms with Crippen LogP contribution in [-0.2, 0) is 11.8 Å². The van der Waals surface area contributed by atoms with Gasteiger partial charge in [0.25, 0.3) is 0 Å². The Hall–Kier alpha value is -2.44. The highest BCUT2D eigenvalue weighted by atomic mass is 16.5. The number of aromatic nitrogens is 4. The Morgan fingerprint density at radius 1 is 1.45 bits per heavy atom. The summed E-state index contributed by atoms with van der Waals surface area (Å²) >= 11 is 0. The molecule has 0 aromatic carbocycles. The van der Waals surface area contributed by atoms with Gasteiger partial charge in [-0.15, -0.1) is 0 Å². The van der Waals surface area contributed by atoms with Crippen LogP contribution in [0.15, 0.2) is 28.9 Å². The zero-order valence-electron chi connectivity index (χ0n) is 10.9. The summed E-state index contributed by atoms with van der Waals surface area (Å²) < 4.78 is 6.89. The minimum atomic E-state index is -0.836. The summed E-state index contributed by atoms with van der Waals surface area (Å²) in [6.07, 6.45) is 6.71. The Labute approximate surface area is 114 Å². The van der Waals surface area contributed by atoms with Crippen molar-refractivity contribution in [1.82, 2.24) is 19.9 Å². The average molecular weight is 274 g/mol. The van der Waals surface area contributed by atoms with Crippen molar-refractivity contribution in [3.05, 3.63) is 30.3 Å². The van der Waals surface area contributed by atoms with Crippen molar-refractivity contribution in [1.29, 1.82) is 0 Å². The molecular weight excluding hydrogens is 260 g/mol. The number of carboxylic acid groups (broad SMARTS) is 1. The van der Waals surface area contributed by atoms with Crippen molar-refractivity contribution in [2.75, 3.05) is 0 Å². The Morgan fingerprint density at radius 2 is 2.25 bits per heavy atom. The smallest absolute Gasteiger partial charge is 0.307 e. The van der Waals surface area contributed by atoms with Gasteiger partial charge in [0, 0.05) is 13.2 Å². The first-order chi connectivity index (χ1) is 9.65. The highest BCUT2D eigenvalue weighted by Gasteiger charge is 2.34. The first kappa shape index (κ1) is 12.6. The molecule has 1 N–H and O–H groups in total. The largest absolute Gasteiger partial charge is 0.481 e. The number of aliphatic carboxylic acids is 1. The molecule has 0 saturated heterocycles. The number of nitrogens with zero attached hydrogens (tertiary/aromatic N) is 4. The van der Waals surface area contributed by atoms with Crippen LogP contribution in [-0.4, -0.2) is 31.0 Å². The van der Waals surface area contributed by atoms with Crippen LogP contribution < -0.4 is 0 Å². The molecule has 0 unspecified atom stereocenters. The normalized spacial score (nSPS) is 22.1. The van der Waals surface area contributed by atoms with E-state index >= 15 is 0 Å². The van der Waals surface area contributed by atoms with E-state index in [9.17, 15) is 9.90 Å². The molecular formula is C13H14N4O3. The Balaban J connectivity index is 1.89. The molecule has 2 aromatic heterocycles. The summed E-state index contributed by atoms with van der Waals surface area (Å²) in [7, 11) is 1.80. The summed E-state index contributed by atoms with van der Waals surface area (Å²) in [5, 5.41) is 17.3. The number of carbonyl (C=O) groups is 1. The van der Waals surface area contributed by atoms with Gasteiger partial charge in [0.2, 0.25) is 11.7 Å². The lowest BCUT2D eigenvalue weighted by molar-refractivity contribution is -0.142. The summed E-state index contributed by atoms with van der Waals surface area (Å²) in [5.41, 5.74) is 0.612. The van der Waals surface area contributed by atoms with Gasteiger partial charge in [0.1, 0.15) is 5.69 Å². The number of rotatable bonds is 3. The highest BCUT2D eigenvalue weighted by molar-refractivity contribution is 5.71. The molecule has 0 fully saturated rings. The van der Waals surface area contributed by atoms with E-state index in [2.05, 4.69) is 15.2 Å². The molecule has 104 valence electrons. The molecule has 20 heavy (non-hydrogen) atoms. The van der Waals surface area contributed by atoms with Gasteiger partial charge in [-0.3, -0.25) is 9.48 Å². The van der Waals surface area contributed by atoms with Crippen LogP contribution in [0.25, 0.3) is 11.5 Å². The fraction of sp³-hybridized carbons (Fsp3) is 0.385. The van der Waals surface area contributed by atoms with Crippen LogP contribution in [0.1, 0.15) is 24.7 Å². The lowest BCUT2D eigenvalue weighted by atomic mass is 9.83. The Bertz CT molecular complexity index is 658. The second kappa shape index (κ2) is 4.92. The van der Waals surface area contributed by atoms with Crippen LogP contribution in [0.4, 0.5) is 0 Å². The first-order valence-corrected chi connectivity index (χ1v) is 6.36. The van der Waals surface area contributed by atoms with E-state index in [4.69, 9.17) is 4.52 Å². The first-order valence-electron chi connectivity index (χ1n) is 6.36. The summed E-state index contributed by atoms with van der Waals surface area (Å²) in [6.45, 7) is 0. The highest BCUT2D eigenvalue weighted by Crippen LogP contribution is 2.34. The maximum Gasteiger partial charge on any atom is 0.307 e. The van der Waals surface area contributed by atoms with E-state index in [1.807, 2.05) is 12.2 Å². The van der Waals surface area contributed by atoms with Crippen LogP contribution in [0.5, 0.6) is 0 Å². The maximum absolute atomic E-state index is 11.3. The fourth-order valence-electron chi connectivity index (χ4n) is 2.38. The zero-order chi connectivity index (χ0) is 14.1. The van der Waals surface area contributed by atoms with Gasteiger partial charge >= 0.3 is 5.97 Å². The molecule has 1 aliphatic rings. The van der Waals surface area contributed by atoms with Crippen molar-refractivity contribution in [3.8, 4) is 11.5 Å². The standard InChI is InChI=1S/C13H14N4O3/c1-17-7-6-10(15-17)11-14-12(20-16-11)8-4-2-3-5-9(8)13(18)19/h2-3,6-9H,4-5H2,1H3,(H,18,19)/t8-,9+/m1/s1. The van der Waals surface area contributed by atoms with Gasteiger partial charge in [-0.05, 0) is 18.9 Å². The lowest BCUT2D eigenvalue weighted by Gasteiger charge is -2.21. The molecule has 0 amide bonds. The van der Waals surface area contributed by atoms with Crippen LogP contribution in [0.2, 0.25) is 0 Å². The third-order valence-corrected chi connectivity index (χ3v) is 3.45. The van der Waals surface area contributed by atoms with Gasteiger partial charge < -0.3 is 9.63 Å². The van der Waals surface area contributed by atoms with E-state index in [1.165, 1.54) is 0 Å². The molecule has 2 atom stereocenters. The monoisotopic (exact) mass is 274 g/mol. The van der Waals surface area contributed by atoms with Crippen LogP contribution >= 0.6 is 0 Å². The van der Waals surface area contributed by atoms with Crippen molar-refractivity contribution < 1.29 is 14.4 Å². The van der Waals surface area contributed by atoms with Crippen molar-refractivity contribution >= 4 is 5.97 Å². The van der Waals surface area contributed by atoms with Crippen LogP contribution in [0.3, 0.4) is 0 Å². The molecule has 2 aromatic rings. The minimum absolute atomic E-state index is 0.275. The van der Waals surface area contributed by atoms with Gasteiger partial charge in [-0.25, -0.2) is 0 Å². The van der Waals surface area contributed by atoms with Crippen molar-refractivity contribution in [2.24, 2.45) is 13.0 Å². The second-order valence-corrected chi connectivity index (χ2v) is 4.82. The summed E-state index contributed by atoms with van der Waals surface area (Å²) in [4.78, 5) is 15.6. The summed E-state index contributed by atoms with van der Waals surface area (Å²) in [5.74, 6) is -0.877. The Morgan fingerprint density at radius 3 is 2.95 bits per heavy atom. The zero-order valence-corrected chi connectivity index (χ0v) is 10.9. The van der Waals surface area contributed by atoms with Crippen molar-refractivity contribution in [3.63, 3.8) is 0 Å². The molecule has 0 radical (unpaired) electrons. The molecule has 0 bridgehead atoms. The van der Waals surface area contributed by atoms with E-state index in [1.54, 1.807) is 24.0 Å². The van der Waals surface area contributed by atoms with E-state index in [-0.39, 0.29) is 5.92 Å². The molecule has 1 aliphatic carbocycles. The van der Waals surface area contributed by atoms with Crippen molar-refractivity contribution in [2.45, 2.75) is 18.8 Å². The molecule has 7 heteroatoms. The van der Waals surface area contributed by atoms with E-state index in [0.29, 0.717) is 30.3 Å². The van der Waals surface area contributed by atoms with Gasteiger partial charge in [0.15, 0.2) is 0 Å². The van der Waals surface area contributed by atoms with Crippen LogP contribution in [0, 0.1) is 5.92 Å². The third-order valence-electron chi connectivity index (χ3n) is 3.45. The van der Waals surface area contributed by atoms with Gasteiger partial charge in [-0.2, -0.15) is 10.1 Å². The topological polar surface area (TPSA) is 94.0 Å². The molecule has 7 nitrogen and oxygen atoms in total. The maximum atomic E-state index is 11.3. The second-order valence-electron chi connectivity index (χ2n) is 4.82. The van der Waals surface area contributed by atoms with Gasteiger partial charge in [-0.1, -0.05) is 17.3 Å². The molecule has 0 saturated carbocycles. The van der Waals surface area contributed by atoms with E-state index in [0.717, 1.165) is 0 Å².